The molecule has 1 N–H and O–H groups in total. The highest BCUT2D eigenvalue weighted by molar-refractivity contribution is 5.32. The molecule has 0 fully saturated rings. The second kappa shape index (κ2) is 4.84. The van der Waals surface area contributed by atoms with Gasteiger partial charge >= 0.3 is 0 Å². The summed E-state index contributed by atoms with van der Waals surface area (Å²) in [6.07, 6.45) is 9.06. The Morgan fingerprint density at radius 2 is 2.25 bits per heavy atom. The molecule has 0 spiro atoms. The second-order valence-electron chi connectivity index (χ2n) is 3.73. The van der Waals surface area contributed by atoms with Gasteiger partial charge in [-0.3, -0.25) is 0 Å². The van der Waals surface area contributed by atoms with Crippen LogP contribution in [-0.2, 0) is 0 Å². The van der Waals surface area contributed by atoms with E-state index in [1.807, 2.05) is 12.2 Å². The second-order valence-corrected chi connectivity index (χ2v) is 3.73. The predicted octanol–water partition coefficient (Wildman–Crippen LogP) is 3.04. The number of phenols is 1. The maximum absolute atomic E-state index is 13.0. The van der Waals surface area contributed by atoms with Gasteiger partial charge in [-0.2, -0.15) is 0 Å². The third-order valence-corrected chi connectivity index (χ3v) is 2.45. The summed E-state index contributed by atoms with van der Waals surface area (Å²) >= 11 is 0. The van der Waals surface area contributed by atoms with Crippen LogP contribution in [0.1, 0.15) is 6.42 Å². The number of aromatic hydroxyl groups is 1. The molecule has 0 saturated carbocycles. The summed E-state index contributed by atoms with van der Waals surface area (Å²) < 4.78 is 18.4. The fourth-order valence-corrected chi connectivity index (χ4v) is 1.54. The summed E-state index contributed by atoms with van der Waals surface area (Å²) in [6, 6.07) is 4.04. The molecule has 2 rings (SSSR count). The molecule has 1 aliphatic rings. The van der Waals surface area contributed by atoms with Gasteiger partial charge in [0.2, 0.25) is 0 Å². The first-order valence-corrected chi connectivity index (χ1v) is 5.20. The molecule has 1 atom stereocenters. The van der Waals surface area contributed by atoms with Crippen molar-refractivity contribution in [1.29, 1.82) is 0 Å². The minimum absolute atomic E-state index is 0.335. The van der Waals surface area contributed by atoms with Crippen LogP contribution in [0.2, 0.25) is 0 Å². The van der Waals surface area contributed by atoms with Gasteiger partial charge in [0, 0.05) is 12.0 Å². The van der Waals surface area contributed by atoms with Crippen molar-refractivity contribution in [3.05, 3.63) is 48.3 Å². The first-order chi connectivity index (χ1) is 7.75. The third-order valence-electron chi connectivity index (χ3n) is 2.45. The lowest BCUT2D eigenvalue weighted by Gasteiger charge is -2.14. The Balaban J connectivity index is 1.92. The van der Waals surface area contributed by atoms with Crippen molar-refractivity contribution in [2.75, 3.05) is 6.61 Å². The molecule has 1 aromatic carbocycles. The van der Waals surface area contributed by atoms with E-state index in [2.05, 4.69) is 12.2 Å². The molecule has 3 heteroatoms. The van der Waals surface area contributed by atoms with Crippen LogP contribution in [0.25, 0.3) is 0 Å². The Hall–Kier alpha value is -1.77. The van der Waals surface area contributed by atoms with Gasteiger partial charge < -0.3 is 9.84 Å². The van der Waals surface area contributed by atoms with E-state index in [9.17, 15) is 4.39 Å². The van der Waals surface area contributed by atoms with Crippen LogP contribution in [0.3, 0.4) is 0 Å². The smallest absolute Gasteiger partial charge is 0.168 e. The summed E-state index contributed by atoms with van der Waals surface area (Å²) in [7, 11) is 0. The first kappa shape index (κ1) is 10.7. The fourth-order valence-electron chi connectivity index (χ4n) is 1.54. The van der Waals surface area contributed by atoms with Gasteiger partial charge in [0.05, 0.1) is 6.61 Å². The van der Waals surface area contributed by atoms with Gasteiger partial charge in [-0.25, -0.2) is 4.39 Å². The van der Waals surface area contributed by atoms with Gasteiger partial charge in [0.1, 0.15) is 5.75 Å². The predicted molar refractivity (Wildman–Crippen MR) is 59.9 cm³/mol. The van der Waals surface area contributed by atoms with Crippen LogP contribution in [0, 0.1) is 11.7 Å². The minimum Gasteiger partial charge on any atom is -0.505 e. The van der Waals surface area contributed by atoms with Crippen LogP contribution in [0.5, 0.6) is 11.5 Å². The lowest BCUT2D eigenvalue weighted by atomic mass is 10.0. The number of benzene rings is 1. The van der Waals surface area contributed by atoms with E-state index in [-0.39, 0.29) is 5.75 Å². The van der Waals surface area contributed by atoms with E-state index in [1.54, 1.807) is 6.07 Å². The van der Waals surface area contributed by atoms with Crippen molar-refractivity contribution in [2.45, 2.75) is 6.42 Å². The molecule has 1 aromatic rings. The van der Waals surface area contributed by atoms with Crippen molar-refractivity contribution >= 4 is 0 Å². The van der Waals surface area contributed by atoms with Gasteiger partial charge in [0.25, 0.3) is 0 Å². The van der Waals surface area contributed by atoms with Gasteiger partial charge in [-0.05, 0) is 18.6 Å². The number of rotatable bonds is 3. The number of halogens is 1. The molecular weight excluding hydrogens is 207 g/mol. The highest BCUT2D eigenvalue weighted by Crippen LogP contribution is 2.22. The zero-order chi connectivity index (χ0) is 11.4. The Morgan fingerprint density at radius 3 is 2.94 bits per heavy atom. The monoisotopic (exact) mass is 220 g/mol. The Morgan fingerprint density at radius 1 is 1.38 bits per heavy atom. The molecule has 2 nitrogen and oxygen atoms in total. The molecule has 0 aliphatic heterocycles. The van der Waals surface area contributed by atoms with Crippen molar-refractivity contribution in [3.8, 4) is 11.5 Å². The van der Waals surface area contributed by atoms with E-state index in [0.29, 0.717) is 18.3 Å². The largest absolute Gasteiger partial charge is 0.505 e. The molecule has 0 aromatic heterocycles. The maximum Gasteiger partial charge on any atom is 0.168 e. The molecule has 0 radical (unpaired) electrons. The van der Waals surface area contributed by atoms with E-state index in [0.717, 1.165) is 6.42 Å². The van der Waals surface area contributed by atoms with Crippen LogP contribution in [-0.4, -0.2) is 11.7 Å². The summed E-state index contributed by atoms with van der Waals surface area (Å²) in [5.74, 6) is -0.232. The van der Waals surface area contributed by atoms with Crippen LogP contribution in [0.4, 0.5) is 4.39 Å². The summed E-state index contributed by atoms with van der Waals surface area (Å²) in [4.78, 5) is 0. The minimum atomic E-state index is -0.656. The van der Waals surface area contributed by atoms with Crippen molar-refractivity contribution in [2.24, 2.45) is 5.92 Å². The normalized spacial score (nSPS) is 18.7. The SMILES string of the molecule is Oc1ccc(OCC2C=CC=CC2)cc1F. The summed E-state index contributed by atoms with van der Waals surface area (Å²) in [6.45, 7) is 0.519. The molecule has 0 heterocycles. The lowest BCUT2D eigenvalue weighted by Crippen LogP contribution is -2.10. The number of phenolic OH excluding ortho intramolecular Hbond substituents is 1. The van der Waals surface area contributed by atoms with E-state index < -0.39 is 5.82 Å². The van der Waals surface area contributed by atoms with Crippen molar-refractivity contribution in [3.63, 3.8) is 0 Å². The molecular formula is C13H13FO2. The number of ether oxygens (including phenoxy) is 1. The number of hydrogen-bond donors (Lipinski definition) is 1. The Labute approximate surface area is 93.7 Å². The topological polar surface area (TPSA) is 29.5 Å². The molecule has 0 amide bonds. The Bertz CT molecular complexity index is 424. The average Bonchev–Trinajstić information content (AvgIpc) is 2.32. The van der Waals surface area contributed by atoms with Crippen LogP contribution < -0.4 is 4.74 Å². The van der Waals surface area contributed by atoms with Gasteiger partial charge in [-0.15, -0.1) is 0 Å². The van der Waals surface area contributed by atoms with Gasteiger partial charge in [0.15, 0.2) is 11.6 Å². The molecule has 0 saturated heterocycles. The van der Waals surface area contributed by atoms with Crippen LogP contribution >= 0.6 is 0 Å². The fraction of sp³-hybridized carbons (Fsp3) is 0.231. The molecule has 1 unspecified atom stereocenters. The summed E-state index contributed by atoms with van der Waals surface area (Å²) in [5, 5.41) is 9.01. The van der Waals surface area contributed by atoms with Crippen LogP contribution in [0.15, 0.2) is 42.5 Å². The summed E-state index contributed by atoms with van der Waals surface area (Å²) in [5.41, 5.74) is 0. The van der Waals surface area contributed by atoms with E-state index in [4.69, 9.17) is 9.84 Å². The Kier molecular flexibility index (Phi) is 3.25. The van der Waals surface area contributed by atoms with E-state index >= 15 is 0 Å². The highest BCUT2D eigenvalue weighted by Gasteiger charge is 2.07. The zero-order valence-corrected chi connectivity index (χ0v) is 8.77. The highest BCUT2D eigenvalue weighted by atomic mass is 19.1. The number of hydrogen-bond acceptors (Lipinski definition) is 2. The molecule has 16 heavy (non-hydrogen) atoms. The maximum atomic E-state index is 13.0. The average molecular weight is 220 g/mol. The van der Waals surface area contributed by atoms with Gasteiger partial charge in [-0.1, -0.05) is 24.3 Å². The number of allylic oxidation sites excluding steroid dienone is 3. The van der Waals surface area contributed by atoms with E-state index in [1.165, 1.54) is 12.1 Å². The van der Waals surface area contributed by atoms with Crippen molar-refractivity contribution < 1.29 is 14.2 Å². The standard InChI is InChI=1S/C13H13FO2/c14-12-8-11(6-7-13(12)15)16-9-10-4-2-1-3-5-10/h1-4,6-8,10,15H,5,9H2. The molecule has 1 aliphatic carbocycles. The molecule has 0 bridgehead atoms. The quantitative estimate of drug-likeness (QED) is 0.848. The third kappa shape index (κ3) is 2.63. The van der Waals surface area contributed by atoms with Crippen molar-refractivity contribution in [1.82, 2.24) is 0 Å². The lowest BCUT2D eigenvalue weighted by molar-refractivity contribution is 0.274. The zero-order valence-electron chi connectivity index (χ0n) is 8.77. The first-order valence-electron chi connectivity index (χ1n) is 5.20. The molecule has 84 valence electrons.